The van der Waals surface area contributed by atoms with Gasteiger partial charge < -0.3 is 20.3 Å². The Hall–Kier alpha value is -3.38. The molecule has 4 heterocycles. The Kier molecular flexibility index (Phi) is 6.25. The van der Waals surface area contributed by atoms with Crippen molar-refractivity contribution in [3.63, 3.8) is 0 Å². The van der Waals surface area contributed by atoms with Crippen LogP contribution in [-0.2, 0) is 16.1 Å². The highest BCUT2D eigenvalue weighted by molar-refractivity contribution is 6.31. The largest absolute Gasteiger partial charge is 0.416 e. The van der Waals surface area contributed by atoms with Crippen LogP contribution < -0.4 is 5.73 Å². The van der Waals surface area contributed by atoms with Gasteiger partial charge in [-0.3, -0.25) is 14.3 Å². The van der Waals surface area contributed by atoms with Gasteiger partial charge in [0.15, 0.2) is 6.10 Å². The highest BCUT2D eigenvalue weighted by Gasteiger charge is 2.44. The third kappa shape index (κ3) is 4.70. The molecule has 0 radical (unpaired) electrons. The van der Waals surface area contributed by atoms with E-state index in [2.05, 4.69) is 10.1 Å². The van der Waals surface area contributed by atoms with Gasteiger partial charge in [-0.15, -0.1) is 0 Å². The molecule has 5 rings (SSSR count). The van der Waals surface area contributed by atoms with Crippen molar-refractivity contribution in [2.24, 2.45) is 0 Å². The lowest BCUT2D eigenvalue weighted by Gasteiger charge is -2.38. The summed E-state index contributed by atoms with van der Waals surface area (Å²) in [7, 11) is 0. The van der Waals surface area contributed by atoms with Gasteiger partial charge in [-0.25, -0.2) is 4.98 Å². The molecule has 0 bridgehead atoms. The van der Waals surface area contributed by atoms with Crippen molar-refractivity contribution in [1.82, 2.24) is 24.6 Å². The number of carbonyl (C=O) groups is 2. The summed E-state index contributed by atoms with van der Waals surface area (Å²) in [6.07, 6.45) is -5.08. The van der Waals surface area contributed by atoms with E-state index in [9.17, 15) is 22.8 Å². The molecule has 0 spiro atoms. The zero-order valence-electron chi connectivity index (χ0n) is 18.9. The van der Waals surface area contributed by atoms with Gasteiger partial charge in [0.1, 0.15) is 12.4 Å². The van der Waals surface area contributed by atoms with Crippen LogP contribution in [0.15, 0.2) is 36.5 Å². The van der Waals surface area contributed by atoms with Crippen molar-refractivity contribution in [2.45, 2.75) is 24.7 Å². The molecule has 0 aliphatic carbocycles. The first-order valence-electron chi connectivity index (χ1n) is 11.2. The van der Waals surface area contributed by atoms with E-state index in [1.807, 2.05) is 0 Å². The summed E-state index contributed by atoms with van der Waals surface area (Å²) >= 11 is 6.21. The molecule has 36 heavy (non-hydrogen) atoms. The molecule has 9 nitrogen and oxygen atoms in total. The minimum absolute atomic E-state index is 0.0719. The minimum atomic E-state index is -4.54. The second kappa shape index (κ2) is 9.25. The van der Waals surface area contributed by atoms with Crippen LogP contribution >= 0.6 is 11.6 Å². The maximum atomic E-state index is 13.1. The number of amides is 2. The fourth-order valence-electron chi connectivity index (χ4n) is 4.48. The number of rotatable bonds is 4. The van der Waals surface area contributed by atoms with Crippen LogP contribution in [0.25, 0.3) is 10.9 Å². The van der Waals surface area contributed by atoms with E-state index in [1.165, 1.54) is 16.9 Å². The normalized spacial score (nSPS) is 18.9. The predicted molar refractivity (Wildman–Crippen MR) is 124 cm³/mol. The molecule has 2 aromatic heterocycles. The van der Waals surface area contributed by atoms with Gasteiger partial charge in [-0.1, -0.05) is 11.6 Å². The van der Waals surface area contributed by atoms with E-state index in [0.29, 0.717) is 34.9 Å². The van der Waals surface area contributed by atoms with E-state index in [4.69, 9.17) is 22.1 Å². The fourth-order valence-corrected chi connectivity index (χ4v) is 4.65. The number of anilines is 1. The van der Waals surface area contributed by atoms with Gasteiger partial charge in [0.25, 0.3) is 5.91 Å². The van der Waals surface area contributed by atoms with Crippen molar-refractivity contribution in [2.75, 3.05) is 38.5 Å². The summed E-state index contributed by atoms with van der Waals surface area (Å²) in [4.78, 5) is 32.3. The minimum Gasteiger partial charge on any atom is -0.384 e. The third-order valence-electron chi connectivity index (χ3n) is 6.39. The van der Waals surface area contributed by atoms with Crippen molar-refractivity contribution in [1.29, 1.82) is 0 Å². The number of hydrogen-bond acceptors (Lipinski definition) is 6. The van der Waals surface area contributed by atoms with Gasteiger partial charge in [0.2, 0.25) is 5.91 Å². The Labute approximate surface area is 208 Å². The summed E-state index contributed by atoms with van der Waals surface area (Å²) in [5.74, 6) is -0.504. The number of likely N-dealkylation sites (tertiary alicyclic amines) is 1. The Morgan fingerprint density at radius 3 is 2.64 bits per heavy atom. The van der Waals surface area contributed by atoms with Gasteiger partial charge in [-0.2, -0.15) is 18.3 Å². The summed E-state index contributed by atoms with van der Waals surface area (Å²) in [6.45, 7) is -0.0866. The van der Waals surface area contributed by atoms with Gasteiger partial charge in [-0.05, 0) is 30.3 Å². The number of nitrogen functional groups attached to an aromatic ring is 1. The van der Waals surface area contributed by atoms with Crippen LogP contribution in [0, 0.1) is 0 Å². The van der Waals surface area contributed by atoms with Gasteiger partial charge in [0, 0.05) is 47.7 Å². The molecule has 0 unspecified atom stereocenters. The molecular weight excluding hydrogens is 501 g/mol. The van der Waals surface area contributed by atoms with Crippen LogP contribution in [-0.4, -0.2) is 81.4 Å². The standard InChI is InChI=1S/C23H22ClF3N6O3/c24-15-1-2-17-16(8-15)21(14-9-32(10-14)22(35)13-3-4-29-19(28)7-13)30-33(17)12-20(34)31-5-6-36-18(11-31)23(25,26)27/h1-4,7-8,14,18H,5-6,9-12H2,(H2,28,29)/t18-/m1/s1. The number of morpholine rings is 1. The Balaban J connectivity index is 1.33. The highest BCUT2D eigenvalue weighted by atomic mass is 35.5. The number of halogens is 4. The zero-order valence-corrected chi connectivity index (χ0v) is 19.7. The van der Waals surface area contributed by atoms with E-state index in [-0.39, 0.29) is 37.3 Å². The molecule has 13 heteroatoms. The molecule has 2 N–H and O–H groups in total. The topological polar surface area (TPSA) is 107 Å². The molecule has 2 saturated heterocycles. The van der Waals surface area contributed by atoms with Crippen LogP contribution in [0.1, 0.15) is 22.0 Å². The third-order valence-corrected chi connectivity index (χ3v) is 6.63. The number of aromatic nitrogens is 3. The van der Waals surface area contributed by atoms with Crippen LogP contribution in [0.2, 0.25) is 5.02 Å². The number of nitrogens with zero attached hydrogens (tertiary/aromatic N) is 5. The molecule has 3 aromatic rings. The molecular formula is C23H22ClF3N6O3. The van der Waals surface area contributed by atoms with Crippen LogP contribution in [0.5, 0.6) is 0 Å². The monoisotopic (exact) mass is 522 g/mol. The van der Waals surface area contributed by atoms with Crippen molar-refractivity contribution in [3.05, 3.63) is 52.8 Å². The predicted octanol–water partition coefficient (Wildman–Crippen LogP) is 2.70. The smallest absolute Gasteiger partial charge is 0.384 e. The number of ether oxygens (including phenoxy) is 1. The second-order valence-electron chi connectivity index (χ2n) is 8.82. The van der Waals surface area contributed by atoms with Gasteiger partial charge in [0.05, 0.1) is 24.4 Å². The summed E-state index contributed by atoms with van der Waals surface area (Å²) in [6, 6.07) is 8.23. The molecule has 2 aliphatic rings. The highest BCUT2D eigenvalue weighted by Crippen LogP contribution is 2.34. The molecule has 2 aliphatic heterocycles. The number of fused-ring (bicyclic) bond motifs is 1. The summed E-state index contributed by atoms with van der Waals surface area (Å²) in [5, 5.41) is 5.84. The number of hydrogen-bond donors (Lipinski definition) is 1. The SMILES string of the molecule is Nc1cc(C(=O)N2CC(c3nn(CC(=O)N4CCO[C@@H](C(F)(F)F)C4)c4ccc(Cl)cc34)C2)ccn1. The second-order valence-corrected chi connectivity index (χ2v) is 9.26. The van der Waals surface area contributed by atoms with Crippen molar-refractivity contribution in [3.8, 4) is 0 Å². The first-order valence-corrected chi connectivity index (χ1v) is 11.6. The van der Waals surface area contributed by atoms with E-state index < -0.39 is 24.7 Å². The van der Waals surface area contributed by atoms with Crippen LogP contribution in [0.3, 0.4) is 0 Å². The van der Waals surface area contributed by atoms with Crippen molar-refractivity contribution < 1.29 is 27.5 Å². The number of carbonyl (C=O) groups excluding carboxylic acids is 2. The van der Waals surface area contributed by atoms with E-state index in [0.717, 1.165) is 10.3 Å². The van der Waals surface area contributed by atoms with Crippen LogP contribution in [0.4, 0.5) is 19.0 Å². The molecule has 190 valence electrons. The maximum absolute atomic E-state index is 13.1. The number of nitrogens with two attached hydrogens (primary N) is 1. The lowest BCUT2D eigenvalue weighted by atomic mass is 9.93. The molecule has 0 saturated carbocycles. The number of benzene rings is 1. The maximum Gasteiger partial charge on any atom is 0.416 e. The Morgan fingerprint density at radius 1 is 1.14 bits per heavy atom. The lowest BCUT2D eigenvalue weighted by molar-refractivity contribution is -0.236. The zero-order chi connectivity index (χ0) is 25.6. The van der Waals surface area contributed by atoms with Gasteiger partial charge >= 0.3 is 6.18 Å². The molecule has 2 amide bonds. The molecule has 2 fully saturated rings. The average molecular weight is 523 g/mol. The molecule has 1 aromatic carbocycles. The quantitative estimate of drug-likeness (QED) is 0.565. The average Bonchev–Trinajstić information content (AvgIpc) is 3.14. The van der Waals surface area contributed by atoms with Crippen molar-refractivity contribution >= 4 is 40.1 Å². The molecule has 1 atom stereocenters. The number of pyridine rings is 1. The van der Waals surface area contributed by atoms with E-state index in [1.54, 1.807) is 29.2 Å². The Morgan fingerprint density at radius 2 is 1.92 bits per heavy atom. The lowest BCUT2D eigenvalue weighted by Crippen LogP contribution is -2.51. The number of alkyl halides is 3. The van der Waals surface area contributed by atoms with E-state index >= 15 is 0 Å². The Bertz CT molecular complexity index is 1320. The first-order chi connectivity index (χ1) is 17.1. The fraction of sp³-hybridized carbons (Fsp3) is 0.391. The summed E-state index contributed by atoms with van der Waals surface area (Å²) in [5.41, 5.74) is 7.42. The summed E-state index contributed by atoms with van der Waals surface area (Å²) < 4.78 is 45.5. The first kappa shape index (κ1) is 24.3.